The fourth-order valence-corrected chi connectivity index (χ4v) is 4.54. The first-order valence-corrected chi connectivity index (χ1v) is 9.91. The van der Waals surface area contributed by atoms with E-state index >= 15 is 0 Å². The lowest BCUT2D eigenvalue weighted by atomic mass is 10.1. The smallest absolute Gasteiger partial charge is 0.255 e. The van der Waals surface area contributed by atoms with Gasteiger partial charge in [0.05, 0.1) is 0 Å². The van der Waals surface area contributed by atoms with E-state index in [9.17, 15) is 17.6 Å². The van der Waals surface area contributed by atoms with E-state index in [1.54, 1.807) is 6.07 Å². The molecule has 1 saturated heterocycles. The van der Waals surface area contributed by atoms with Crippen molar-refractivity contribution in [2.24, 2.45) is 0 Å². The Morgan fingerprint density at radius 3 is 2.38 bits per heavy atom. The lowest BCUT2D eigenvalue weighted by molar-refractivity contribution is 0.102. The third kappa shape index (κ3) is 3.64. The molecule has 3 rings (SSSR count). The van der Waals surface area contributed by atoms with Crippen LogP contribution >= 0.6 is 0 Å². The van der Waals surface area contributed by atoms with Crippen LogP contribution in [0.2, 0.25) is 0 Å². The summed E-state index contributed by atoms with van der Waals surface area (Å²) in [6.07, 6.45) is 1.52. The topological polar surface area (TPSA) is 66.5 Å². The quantitative estimate of drug-likeness (QED) is 0.888. The predicted octanol–water partition coefficient (Wildman–Crippen LogP) is 3.48. The van der Waals surface area contributed by atoms with E-state index in [1.807, 2.05) is 26.0 Å². The summed E-state index contributed by atoms with van der Waals surface area (Å²) in [6, 6.07) is 8.91. The second kappa shape index (κ2) is 7.17. The number of hydrogen-bond donors (Lipinski definition) is 1. The molecule has 0 atom stereocenters. The Hall–Kier alpha value is -2.25. The highest BCUT2D eigenvalue weighted by atomic mass is 32.2. The first kappa shape index (κ1) is 18.5. The van der Waals surface area contributed by atoms with Gasteiger partial charge in [-0.3, -0.25) is 4.79 Å². The van der Waals surface area contributed by atoms with Gasteiger partial charge >= 0.3 is 0 Å². The molecule has 138 valence electrons. The van der Waals surface area contributed by atoms with Crippen molar-refractivity contribution < 1.29 is 17.6 Å². The first-order valence-electron chi connectivity index (χ1n) is 8.47. The molecule has 1 aliphatic heterocycles. The molecule has 0 unspecified atom stereocenters. The number of rotatable bonds is 4. The van der Waals surface area contributed by atoms with Gasteiger partial charge in [-0.2, -0.15) is 4.31 Å². The van der Waals surface area contributed by atoms with Crippen molar-refractivity contribution in [2.75, 3.05) is 18.4 Å². The molecule has 7 heteroatoms. The molecular formula is C19H21FN2O3S. The zero-order valence-corrected chi connectivity index (χ0v) is 15.6. The van der Waals surface area contributed by atoms with Crippen molar-refractivity contribution >= 4 is 21.6 Å². The van der Waals surface area contributed by atoms with Gasteiger partial charge in [0.15, 0.2) is 0 Å². The van der Waals surface area contributed by atoms with Gasteiger partial charge < -0.3 is 5.32 Å². The highest BCUT2D eigenvalue weighted by molar-refractivity contribution is 7.89. The van der Waals surface area contributed by atoms with Gasteiger partial charge in [-0.25, -0.2) is 12.8 Å². The number of nitrogens with one attached hydrogen (secondary N) is 1. The summed E-state index contributed by atoms with van der Waals surface area (Å²) in [4.78, 5) is 12.0. The maximum atomic E-state index is 14.2. The molecule has 1 aliphatic rings. The molecule has 0 aromatic heterocycles. The Morgan fingerprint density at radius 2 is 1.73 bits per heavy atom. The molecule has 0 aliphatic carbocycles. The Labute approximate surface area is 152 Å². The lowest BCUT2D eigenvalue weighted by Gasteiger charge is -2.16. The third-order valence-corrected chi connectivity index (χ3v) is 6.55. The first-order chi connectivity index (χ1) is 12.3. The van der Waals surface area contributed by atoms with Crippen LogP contribution in [0.3, 0.4) is 0 Å². The highest BCUT2D eigenvalue weighted by Gasteiger charge is 2.30. The molecule has 26 heavy (non-hydrogen) atoms. The van der Waals surface area contributed by atoms with Gasteiger partial charge in [0, 0.05) is 24.3 Å². The standard InChI is InChI=1S/C19H21FN2O3S/c1-13-5-7-16(11-14(13)2)21-19(23)15-6-8-17(20)18(12-15)26(24,25)22-9-3-4-10-22/h5-8,11-12H,3-4,9-10H2,1-2H3,(H,21,23). The minimum absolute atomic E-state index is 0.0994. The number of benzene rings is 2. The van der Waals surface area contributed by atoms with Crippen LogP contribution in [0.15, 0.2) is 41.3 Å². The van der Waals surface area contributed by atoms with Gasteiger partial charge in [0.25, 0.3) is 5.91 Å². The van der Waals surface area contributed by atoms with Gasteiger partial charge in [-0.05, 0) is 68.1 Å². The fraction of sp³-hybridized carbons (Fsp3) is 0.316. The van der Waals surface area contributed by atoms with Crippen LogP contribution in [-0.2, 0) is 10.0 Å². The van der Waals surface area contributed by atoms with Crippen LogP contribution in [0.25, 0.3) is 0 Å². The second-order valence-electron chi connectivity index (χ2n) is 6.51. The Kier molecular flexibility index (Phi) is 5.11. The molecule has 1 fully saturated rings. The lowest BCUT2D eigenvalue weighted by Crippen LogP contribution is -2.29. The van der Waals surface area contributed by atoms with E-state index in [1.165, 1.54) is 10.4 Å². The average molecular weight is 376 g/mol. The summed E-state index contributed by atoms with van der Waals surface area (Å²) < 4.78 is 40.7. The molecule has 5 nitrogen and oxygen atoms in total. The summed E-state index contributed by atoms with van der Waals surface area (Å²) in [5.41, 5.74) is 2.83. The average Bonchev–Trinajstić information content (AvgIpc) is 3.14. The number of aryl methyl sites for hydroxylation is 2. The molecule has 1 heterocycles. The van der Waals surface area contributed by atoms with Crippen LogP contribution in [0.1, 0.15) is 34.3 Å². The molecule has 1 amide bonds. The SMILES string of the molecule is Cc1ccc(NC(=O)c2ccc(F)c(S(=O)(=O)N3CCCC3)c2)cc1C. The Bertz CT molecular complexity index is 951. The summed E-state index contributed by atoms with van der Waals surface area (Å²) in [7, 11) is -3.93. The van der Waals surface area contributed by atoms with E-state index < -0.39 is 26.6 Å². The van der Waals surface area contributed by atoms with E-state index in [-0.39, 0.29) is 5.56 Å². The summed E-state index contributed by atoms with van der Waals surface area (Å²) in [6.45, 7) is 4.65. The van der Waals surface area contributed by atoms with Crippen molar-refractivity contribution in [1.29, 1.82) is 0 Å². The van der Waals surface area contributed by atoms with Gasteiger partial charge in [0.1, 0.15) is 10.7 Å². The summed E-state index contributed by atoms with van der Waals surface area (Å²) in [5, 5.41) is 2.72. The maximum absolute atomic E-state index is 14.2. The summed E-state index contributed by atoms with van der Waals surface area (Å²) >= 11 is 0. The van der Waals surface area contributed by atoms with Gasteiger partial charge in [-0.15, -0.1) is 0 Å². The van der Waals surface area contributed by atoms with E-state index in [0.29, 0.717) is 18.8 Å². The van der Waals surface area contributed by atoms with Crippen molar-refractivity contribution in [2.45, 2.75) is 31.6 Å². The number of anilines is 1. The third-order valence-electron chi connectivity index (χ3n) is 4.64. The number of carbonyl (C=O) groups is 1. The van der Waals surface area contributed by atoms with Crippen molar-refractivity contribution in [3.05, 3.63) is 58.9 Å². The summed E-state index contributed by atoms with van der Waals surface area (Å²) in [5.74, 6) is -1.33. The van der Waals surface area contributed by atoms with Crippen LogP contribution in [-0.4, -0.2) is 31.7 Å². The molecule has 0 radical (unpaired) electrons. The monoisotopic (exact) mass is 376 g/mol. The van der Waals surface area contributed by atoms with Crippen molar-refractivity contribution in [3.63, 3.8) is 0 Å². The minimum Gasteiger partial charge on any atom is -0.322 e. The Balaban J connectivity index is 1.89. The number of nitrogens with zero attached hydrogens (tertiary/aromatic N) is 1. The highest BCUT2D eigenvalue weighted by Crippen LogP contribution is 2.25. The van der Waals surface area contributed by atoms with E-state index in [4.69, 9.17) is 0 Å². The molecule has 2 aromatic rings. The van der Waals surface area contributed by atoms with Crippen molar-refractivity contribution in [3.8, 4) is 0 Å². The molecule has 2 aromatic carbocycles. The number of sulfonamides is 1. The van der Waals surface area contributed by atoms with Gasteiger partial charge in [0.2, 0.25) is 10.0 Å². The largest absolute Gasteiger partial charge is 0.322 e. The van der Waals surface area contributed by atoms with Crippen LogP contribution in [0.5, 0.6) is 0 Å². The second-order valence-corrected chi connectivity index (χ2v) is 8.42. The fourth-order valence-electron chi connectivity index (χ4n) is 2.93. The predicted molar refractivity (Wildman–Crippen MR) is 98.3 cm³/mol. The van der Waals surface area contributed by atoms with E-state index in [2.05, 4.69) is 5.32 Å². The van der Waals surface area contributed by atoms with E-state index in [0.717, 1.165) is 36.1 Å². The van der Waals surface area contributed by atoms with Crippen LogP contribution < -0.4 is 5.32 Å². The number of halogens is 1. The zero-order chi connectivity index (χ0) is 18.9. The maximum Gasteiger partial charge on any atom is 0.255 e. The van der Waals surface area contributed by atoms with Crippen LogP contribution in [0.4, 0.5) is 10.1 Å². The minimum atomic E-state index is -3.93. The number of amides is 1. The molecule has 0 saturated carbocycles. The van der Waals surface area contributed by atoms with Gasteiger partial charge in [-0.1, -0.05) is 6.07 Å². The Morgan fingerprint density at radius 1 is 1.04 bits per heavy atom. The zero-order valence-electron chi connectivity index (χ0n) is 14.8. The molecular weight excluding hydrogens is 355 g/mol. The molecule has 0 bridgehead atoms. The number of hydrogen-bond acceptors (Lipinski definition) is 3. The van der Waals surface area contributed by atoms with Crippen LogP contribution in [0, 0.1) is 19.7 Å². The molecule has 0 spiro atoms. The van der Waals surface area contributed by atoms with Crippen molar-refractivity contribution in [1.82, 2.24) is 4.31 Å². The number of carbonyl (C=O) groups excluding carboxylic acids is 1. The normalized spacial score (nSPS) is 15.2. The molecule has 1 N–H and O–H groups in total.